The van der Waals surface area contributed by atoms with E-state index in [9.17, 15) is 9.90 Å². The van der Waals surface area contributed by atoms with Crippen LogP contribution in [0, 0.1) is 0 Å². The van der Waals surface area contributed by atoms with Gasteiger partial charge in [0.05, 0.1) is 11.3 Å². The van der Waals surface area contributed by atoms with E-state index in [0.29, 0.717) is 11.6 Å². The topological polar surface area (TPSA) is 52.6 Å². The molecule has 4 heteroatoms. The molecule has 1 fully saturated rings. The minimum atomic E-state index is -0.854. The highest BCUT2D eigenvalue weighted by molar-refractivity contribution is 5.94. The van der Waals surface area contributed by atoms with Crippen LogP contribution in [-0.2, 0) is 0 Å². The molecule has 0 aromatic heterocycles. The van der Waals surface area contributed by atoms with Crippen LogP contribution in [0.5, 0.6) is 0 Å². The van der Waals surface area contributed by atoms with Crippen LogP contribution >= 0.6 is 0 Å². The number of benzene rings is 1. The number of carbonyl (C=O) groups is 1. The van der Waals surface area contributed by atoms with Crippen LogP contribution in [-0.4, -0.2) is 36.8 Å². The first-order valence-electron chi connectivity index (χ1n) is 6.03. The fourth-order valence-electron chi connectivity index (χ4n) is 2.25. The molecule has 17 heavy (non-hydrogen) atoms. The Morgan fingerprint density at radius 1 is 1.53 bits per heavy atom. The van der Waals surface area contributed by atoms with E-state index in [1.165, 1.54) is 0 Å². The van der Waals surface area contributed by atoms with Crippen LogP contribution in [0.15, 0.2) is 24.3 Å². The van der Waals surface area contributed by atoms with Gasteiger partial charge in [0.2, 0.25) is 0 Å². The largest absolute Gasteiger partial charge is 0.478 e. The summed E-state index contributed by atoms with van der Waals surface area (Å²) in [5.41, 5.74) is 1.23. The van der Waals surface area contributed by atoms with Gasteiger partial charge in [-0.2, -0.15) is 0 Å². The van der Waals surface area contributed by atoms with Gasteiger partial charge in [0, 0.05) is 25.7 Å². The van der Waals surface area contributed by atoms with Gasteiger partial charge in [-0.15, -0.1) is 0 Å². The molecular weight excluding hydrogens is 216 g/mol. The standard InChI is InChI=1S/C13H18N2O2/c1-2-10-9-15(8-7-14-10)12-6-4-3-5-11(12)13(16)17/h3-6,10,14H,2,7-9H2,1H3,(H,16,17). The lowest BCUT2D eigenvalue weighted by Crippen LogP contribution is -2.50. The van der Waals surface area contributed by atoms with Crippen LogP contribution in [0.3, 0.4) is 0 Å². The minimum Gasteiger partial charge on any atom is -0.478 e. The molecule has 0 amide bonds. The van der Waals surface area contributed by atoms with Crippen LogP contribution in [0.4, 0.5) is 5.69 Å². The zero-order valence-electron chi connectivity index (χ0n) is 10.0. The number of aromatic carboxylic acids is 1. The highest BCUT2D eigenvalue weighted by Gasteiger charge is 2.21. The van der Waals surface area contributed by atoms with Crippen molar-refractivity contribution in [1.82, 2.24) is 5.32 Å². The van der Waals surface area contributed by atoms with E-state index in [1.807, 2.05) is 12.1 Å². The number of para-hydroxylation sites is 1. The van der Waals surface area contributed by atoms with Crippen molar-refractivity contribution in [2.45, 2.75) is 19.4 Å². The molecule has 0 bridgehead atoms. The fraction of sp³-hybridized carbons (Fsp3) is 0.462. The molecule has 1 saturated heterocycles. The summed E-state index contributed by atoms with van der Waals surface area (Å²) in [4.78, 5) is 13.3. The number of anilines is 1. The molecule has 0 saturated carbocycles. The Morgan fingerprint density at radius 3 is 3.00 bits per heavy atom. The van der Waals surface area contributed by atoms with Crippen LogP contribution in [0.2, 0.25) is 0 Å². The molecule has 1 atom stereocenters. The summed E-state index contributed by atoms with van der Waals surface area (Å²) in [6.45, 7) is 4.79. The van der Waals surface area contributed by atoms with E-state index in [0.717, 1.165) is 31.7 Å². The molecule has 1 aliphatic rings. The van der Waals surface area contributed by atoms with E-state index < -0.39 is 5.97 Å². The van der Waals surface area contributed by atoms with Crippen molar-refractivity contribution in [3.63, 3.8) is 0 Å². The highest BCUT2D eigenvalue weighted by atomic mass is 16.4. The number of nitrogens with zero attached hydrogens (tertiary/aromatic N) is 1. The Morgan fingerprint density at radius 2 is 2.29 bits per heavy atom. The third-order valence-corrected chi connectivity index (χ3v) is 3.22. The van der Waals surface area contributed by atoms with Gasteiger partial charge in [-0.05, 0) is 18.6 Å². The Bertz CT molecular complexity index is 406. The second-order valence-corrected chi connectivity index (χ2v) is 4.33. The third kappa shape index (κ3) is 2.58. The summed E-state index contributed by atoms with van der Waals surface area (Å²) in [6, 6.07) is 7.67. The summed E-state index contributed by atoms with van der Waals surface area (Å²) in [6.07, 6.45) is 1.06. The Balaban J connectivity index is 2.24. The normalized spacial score (nSPS) is 20.3. The van der Waals surface area contributed by atoms with Gasteiger partial charge in [-0.25, -0.2) is 4.79 Å². The van der Waals surface area contributed by atoms with E-state index in [-0.39, 0.29) is 0 Å². The molecule has 1 aromatic rings. The number of hydrogen-bond acceptors (Lipinski definition) is 3. The van der Waals surface area contributed by atoms with Gasteiger partial charge in [-0.1, -0.05) is 19.1 Å². The van der Waals surface area contributed by atoms with Gasteiger partial charge in [0.25, 0.3) is 0 Å². The van der Waals surface area contributed by atoms with Gasteiger partial charge in [0.1, 0.15) is 0 Å². The molecule has 0 aliphatic carbocycles. The molecular formula is C13H18N2O2. The van der Waals surface area contributed by atoms with Crippen molar-refractivity contribution in [3.05, 3.63) is 29.8 Å². The summed E-state index contributed by atoms with van der Waals surface area (Å²) in [7, 11) is 0. The first kappa shape index (κ1) is 11.9. The van der Waals surface area contributed by atoms with Crippen LogP contribution < -0.4 is 10.2 Å². The zero-order valence-corrected chi connectivity index (χ0v) is 10.0. The lowest BCUT2D eigenvalue weighted by atomic mass is 10.1. The maximum absolute atomic E-state index is 11.2. The van der Waals surface area contributed by atoms with E-state index in [2.05, 4.69) is 17.1 Å². The average molecular weight is 234 g/mol. The maximum Gasteiger partial charge on any atom is 0.337 e. The molecule has 92 valence electrons. The van der Waals surface area contributed by atoms with Crippen molar-refractivity contribution in [3.8, 4) is 0 Å². The monoisotopic (exact) mass is 234 g/mol. The quantitative estimate of drug-likeness (QED) is 0.833. The molecule has 4 nitrogen and oxygen atoms in total. The van der Waals surface area contributed by atoms with Crippen LogP contribution in [0.25, 0.3) is 0 Å². The fourth-order valence-corrected chi connectivity index (χ4v) is 2.25. The van der Waals surface area contributed by atoms with Gasteiger partial charge >= 0.3 is 5.97 Å². The summed E-state index contributed by atoms with van der Waals surface area (Å²) >= 11 is 0. The predicted octanol–water partition coefficient (Wildman–Crippen LogP) is 1.57. The van der Waals surface area contributed by atoms with E-state index in [1.54, 1.807) is 12.1 Å². The van der Waals surface area contributed by atoms with Gasteiger partial charge < -0.3 is 15.3 Å². The van der Waals surface area contributed by atoms with Crippen molar-refractivity contribution in [2.24, 2.45) is 0 Å². The summed E-state index contributed by atoms with van der Waals surface area (Å²) < 4.78 is 0. The first-order valence-corrected chi connectivity index (χ1v) is 6.03. The SMILES string of the molecule is CCC1CN(c2ccccc2C(=O)O)CCN1. The van der Waals surface area contributed by atoms with Gasteiger partial charge in [-0.3, -0.25) is 0 Å². The number of carboxylic acid groups (broad SMARTS) is 1. The first-order chi connectivity index (χ1) is 8.22. The van der Waals surface area contributed by atoms with Crippen LogP contribution in [0.1, 0.15) is 23.7 Å². The molecule has 0 radical (unpaired) electrons. The molecule has 0 spiro atoms. The minimum absolute atomic E-state index is 0.393. The second kappa shape index (κ2) is 5.19. The molecule has 1 unspecified atom stereocenters. The molecule has 1 heterocycles. The second-order valence-electron chi connectivity index (χ2n) is 4.33. The number of piperazine rings is 1. The Hall–Kier alpha value is -1.55. The van der Waals surface area contributed by atoms with Gasteiger partial charge in [0.15, 0.2) is 0 Å². The maximum atomic E-state index is 11.2. The average Bonchev–Trinajstić information content (AvgIpc) is 2.39. The lowest BCUT2D eigenvalue weighted by Gasteiger charge is -2.35. The van der Waals surface area contributed by atoms with Crippen molar-refractivity contribution >= 4 is 11.7 Å². The Labute approximate surface area is 101 Å². The van der Waals surface area contributed by atoms with E-state index in [4.69, 9.17) is 0 Å². The molecule has 2 rings (SSSR count). The Kier molecular flexibility index (Phi) is 3.64. The summed E-state index contributed by atoms with van der Waals surface area (Å²) in [5, 5.41) is 12.6. The van der Waals surface area contributed by atoms with E-state index >= 15 is 0 Å². The molecule has 1 aromatic carbocycles. The smallest absolute Gasteiger partial charge is 0.337 e. The molecule has 1 aliphatic heterocycles. The number of nitrogens with one attached hydrogen (secondary N) is 1. The van der Waals surface area contributed by atoms with Crippen molar-refractivity contribution in [2.75, 3.05) is 24.5 Å². The predicted molar refractivity (Wildman–Crippen MR) is 67.7 cm³/mol. The summed E-state index contributed by atoms with van der Waals surface area (Å²) in [5.74, 6) is -0.854. The van der Waals surface area contributed by atoms with Crippen molar-refractivity contribution < 1.29 is 9.90 Å². The zero-order chi connectivity index (χ0) is 12.3. The number of hydrogen-bond donors (Lipinski definition) is 2. The number of rotatable bonds is 3. The highest BCUT2D eigenvalue weighted by Crippen LogP contribution is 2.22. The lowest BCUT2D eigenvalue weighted by molar-refractivity contribution is 0.0697. The third-order valence-electron chi connectivity index (χ3n) is 3.22. The van der Waals surface area contributed by atoms with Crippen molar-refractivity contribution in [1.29, 1.82) is 0 Å². The number of carboxylic acids is 1. The molecule has 2 N–H and O–H groups in total.